The number of likely N-dealkylation sites (tertiary alicyclic amines) is 1. The molecule has 3 heterocycles. The minimum absolute atomic E-state index is 0.174. The third-order valence-electron chi connectivity index (χ3n) is 4.18. The van der Waals surface area contributed by atoms with Gasteiger partial charge in [-0.3, -0.25) is 19.3 Å². The normalized spacial score (nSPS) is 27.6. The van der Waals surface area contributed by atoms with E-state index in [0.29, 0.717) is 0 Å². The van der Waals surface area contributed by atoms with Gasteiger partial charge in [0.1, 0.15) is 12.0 Å². The van der Waals surface area contributed by atoms with Gasteiger partial charge in [-0.2, -0.15) is 0 Å². The highest BCUT2D eigenvalue weighted by Crippen LogP contribution is 2.47. The lowest BCUT2D eigenvalue weighted by Crippen LogP contribution is -2.34. The van der Waals surface area contributed by atoms with E-state index < -0.39 is 12.0 Å². The molecular formula is C16H14N2O3S. The molecular weight excluding hydrogens is 300 g/mol. The van der Waals surface area contributed by atoms with E-state index in [1.54, 1.807) is 16.4 Å². The Balaban J connectivity index is 1.80. The molecule has 22 heavy (non-hydrogen) atoms. The summed E-state index contributed by atoms with van der Waals surface area (Å²) in [7, 11) is 1.52. The first-order valence-corrected chi connectivity index (χ1v) is 7.92. The van der Waals surface area contributed by atoms with Crippen LogP contribution in [0.2, 0.25) is 0 Å². The van der Waals surface area contributed by atoms with Gasteiger partial charge in [0.05, 0.1) is 5.69 Å². The van der Waals surface area contributed by atoms with Crippen LogP contribution in [-0.4, -0.2) is 29.9 Å². The lowest BCUT2D eigenvalue weighted by atomic mass is 9.95. The van der Waals surface area contributed by atoms with Gasteiger partial charge < -0.3 is 0 Å². The van der Waals surface area contributed by atoms with Gasteiger partial charge in [0.2, 0.25) is 5.91 Å². The van der Waals surface area contributed by atoms with Crippen molar-refractivity contribution in [1.82, 2.24) is 4.90 Å². The molecule has 0 unspecified atom stereocenters. The highest BCUT2D eigenvalue weighted by Gasteiger charge is 2.59. The number of hydroxylamine groups is 1. The number of imide groups is 1. The molecule has 2 aliphatic heterocycles. The average molecular weight is 314 g/mol. The molecule has 4 rings (SSSR count). The molecule has 0 radical (unpaired) electrons. The summed E-state index contributed by atoms with van der Waals surface area (Å²) in [5, 5.41) is 3.68. The fraction of sp³-hybridized carbons (Fsp3) is 0.250. The van der Waals surface area contributed by atoms with Crippen molar-refractivity contribution in [1.29, 1.82) is 0 Å². The summed E-state index contributed by atoms with van der Waals surface area (Å²) < 4.78 is 0. The largest absolute Gasteiger partial charge is 0.283 e. The molecule has 0 N–H and O–H groups in total. The Morgan fingerprint density at radius 3 is 2.50 bits per heavy atom. The molecule has 2 amide bonds. The maximum atomic E-state index is 12.5. The number of fused-ring (bicyclic) bond motifs is 1. The van der Waals surface area contributed by atoms with Gasteiger partial charge in [-0.1, -0.05) is 24.3 Å². The molecule has 0 bridgehead atoms. The quantitative estimate of drug-likeness (QED) is 0.798. The number of para-hydroxylation sites is 1. The second kappa shape index (κ2) is 4.93. The highest BCUT2D eigenvalue weighted by atomic mass is 32.1. The number of amides is 2. The Morgan fingerprint density at radius 2 is 1.82 bits per heavy atom. The van der Waals surface area contributed by atoms with Crippen LogP contribution >= 0.6 is 11.3 Å². The first-order chi connectivity index (χ1) is 10.7. The zero-order valence-electron chi connectivity index (χ0n) is 11.9. The van der Waals surface area contributed by atoms with Crippen LogP contribution < -0.4 is 5.06 Å². The molecule has 0 spiro atoms. The van der Waals surface area contributed by atoms with Crippen molar-refractivity contribution in [3.63, 3.8) is 0 Å². The van der Waals surface area contributed by atoms with Crippen LogP contribution in [0.4, 0.5) is 5.69 Å². The summed E-state index contributed by atoms with van der Waals surface area (Å²) in [6, 6.07) is 13.2. The first-order valence-electron chi connectivity index (χ1n) is 7.04. The van der Waals surface area contributed by atoms with Crippen molar-refractivity contribution in [2.24, 2.45) is 5.92 Å². The van der Waals surface area contributed by atoms with Crippen LogP contribution in [0.3, 0.4) is 0 Å². The molecule has 6 heteroatoms. The lowest BCUT2D eigenvalue weighted by molar-refractivity contribution is -0.141. The molecule has 2 aliphatic rings. The fourth-order valence-corrected chi connectivity index (χ4v) is 3.95. The first kappa shape index (κ1) is 13.5. The monoisotopic (exact) mass is 314 g/mol. The van der Waals surface area contributed by atoms with Crippen LogP contribution in [0, 0.1) is 5.92 Å². The van der Waals surface area contributed by atoms with Gasteiger partial charge in [-0.15, -0.1) is 11.3 Å². The Labute approximate surface area is 131 Å². The molecule has 1 aromatic heterocycles. The number of carbonyl (C=O) groups is 2. The standard InChI is InChI=1S/C16H14N2O3S/c1-17-15(19)12-13(11-8-5-9-22-11)18(21-14(12)16(17)20)10-6-3-2-4-7-10/h2-9,12-14H,1H3/t12-,13-,14+/m0/s1. The molecule has 0 saturated carbocycles. The number of carbonyl (C=O) groups excluding carboxylic acids is 2. The minimum Gasteiger partial charge on any atom is -0.283 e. The maximum Gasteiger partial charge on any atom is 0.261 e. The van der Waals surface area contributed by atoms with Crippen LogP contribution in [0.1, 0.15) is 10.9 Å². The summed E-state index contributed by atoms with van der Waals surface area (Å²) in [5.41, 5.74) is 0.846. The van der Waals surface area contributed by atoms with E-state index >= 15 is 0 Å². The highest BCUT2D eigenvalue weighted by molar-refractivity contribution is 7.10. The number of nitrogens with zero attached hydrogens (tertiary/aromatic N) is 2. The van der Waals surface area contributed by atoms with Gasteiger partial charge in [-0.25, -0.2) is 5.06 Å². The number of hydrogen-bond acceptors (Lipinski definition) is 5. The van der Waals surface area contributed by atoms with E-state index in [-0.39, 0.29) is 17.9 Å². The molecule has 2 fully saturated rings. The van der Waals surface area contributed by atoms with Crippen molar-refractivity contribution in [2.45, 2.75) is 12.1 Å². The minimum atomic E-state index is -0.732. The van der Waals surface area contributed by atoms with Gasteiger partial charge >= 0.3 is 0 Å². The van der Waals surface area contributed by atoms with Crippen LogP contribution in [0.15, 0.2) is 47.8 Å². The van der Waals surface area contributed by atoms with Crippen LogP contribution in [0.5, 0.6) is 0 Å². The topological polar surface area (TPSA) is 49.9 Å². The van der Waals surface area contributed by atoms with Gasteiger partial charge in [0.15, 0.2) is 6.10 Å². The smallest absolute Gasteiger partial charge is 0.261 e. The third-order valence-corrected chi connectivity index (χ3v) is 5.12. The summed E-state index contributed by atoms with van der Waals surface area (Å²) in [4.78, 5) is 32.8. The maximum absolute atomic E-state index is 12.5. The molecule has 2 saturated heterocycles. The van der Waals surface area contributed by atoms with E-state index in [0.717, 1.165) is 10.6 Å². The molecule has 5 nitrogen and oxygen atoms in total. The number of anilines is 1. The number of hydrogen-bond donors (Lipinski definition) is 0. The second-order valence-electron chi connectivity index (χ2n) is 5.41. The number of rotatable bonds is 2. The Bertz CT molecular complexity index is 716. The van der Waals surface area contributed by atoms with Crippen molar-refractivity contribution >= 4 is 28.8 Å². The SMILES string of the molecule is CN1C(=O)[C@@H]2[C@@H](ON(c3ccccc3)[C@H]2c2cccs2)C1=O. The van der Waals surface area contributed by atoms with Crippen molar-refractivity contribution in [2.75, 3.05) is 12.1 Å². The molecule has 3 atom stereocenters. The Kier molecular flexibility index (Phi) is 3.02. The number of thiophene rings is 1. The van der Waals surface area contributed by atoms with E-state index in [2.05, 4.69) is 0 Å². The summed E-state index contributed by atoms with van der Waals surface area (Å²) in [5.74, 6) is -0.932. The lowest BCUT2D eigenvalue weighted by Gasteiger charge is -2.26. The summed E-state index contributed by atoms with van der Waals surface area (Å²) in [6.45, 7) is 0. The van der Waals surface area contributed by atoms with Crippen LogP contribution in [-0.2, 0) is 14.4 Å². The predicted molar refractivity (Wildman–Crippen MR) is 82.1 cm³/mol. The van der Waals surface area contributed by atoms with E-state index in [1.165, 1.54) is 11.9 Å². The van der Waals surface area contributed by atoms with Crippen molar-refractivity contribution < 1.29 is 14.4 Å². The summed E-state index contributed by atoms with van der Waals surface area (Å²) in [6.07, 6.45) is -0.732. The molecule has 1 aromatic carbocycles. The predicted octanol–water partition coefficient (Wildman–Crippen LogP) is 2.22. The molecule has 2 aromatic rings. The fourth-order valence-electron chi connectivity index (χ4n) is 3.10. The van der Waals surface area contributed by atoms with Crippen molar-refractivity contribution in [3.05, 3.63) is 52.7 Å². The van der Waals surface area contributed by atoms with E-state index in [4.69, 9.17) is 4.84 Å². The number of benzene rings is 1. The Hall–Kier alpha value is -2.18. The van der Waals surface area contributed by atoms with Gasteiger partial charge in [-0.05, 0) is 23.6 Å². The third kappa shape index (κ3) is 1.81. The summed E-state index contributed by atoms with van der Waals surface area (Å²) >= 11 is 1.57. The Morgan fingerprint density at radius 1 is 1.05 bits per heavy atom. The second-order valence-corrected chi connectivity index (χ2v) is 6.39. The number of likely N-dealkylation sites (N-methyl/N-ethyl adjacent to an activating group) is 1. The van der Waals surface area contributed by atoms with Gasteiger partial charge in [0, 0.05) is 11.9 Å². The molecule has 0 aliphatic carbocycles. The van der Waals surface area contributed by atoms with Crippen molar-refractivity contribution in [3.8, 4) is 0 Å². The average Bonchev–Trinajstić information content (AvgIpc) is 3.23. The zero-order chi connectivity index (χ0) is 15.3. The van der Waals surface area contributed by atoms with Gasteiger partial charge in [0.25, 0.3) is 5.91 Å². The van der Waals surface area contributed by atoms with E-state index in [9.17, 15) is 9.59 Å². The van der Waals surface area contributed by atoms with E-state index in [1.807, 2.05) is 47.8 Å². The zero-order valence-corrected chi connectivity index (χ0v) is 12.7. The van der Waals surface area contributed by atoms with Crippen LogP contribution in [0.25, 0.3) is 0 Å². The molecule has 112 valence electrons.